The summed E-state index contributed by atoms with van der Waals surface area (Å²) in [4.78, 5) is 0. The minimum atomic E-state index is -0.400. The second-order valence-corrected chi connectivity index (χ2v) is 5.18. The maximum Gasteiger partial charge on any atom is 0.144 e. The zero-order valence-electron chi connectivity index (χ0n) is 12.0. The summed E-state index contributed by atoms with van der Waals surface area (Å²) >= 11 is 0. The van der Waals surface area contributed by atoms with Gasteiger partial charge in [-0.3, -0.25) is 0 Å². The molecule has 0 amide bonds. The molecule has 0 saturated carbocycles. The van der Waals surface area contributed by atoms with E-state index in [-0.39, 0.29) is 0 Å². The number of aromatic nitrogens is 2. The Morgan fingerprint density at radius 1 is 1.32 bits per heavy atom. The van der Waals surface area contributed by atoms with E-state index in [1.54, 1.807) is 0 Å². The van der Waals surface area contributed by atoms with Crippen LogP contribution >= 0.6 is 0 Å². The Morgan fingerprint density at radius 3 is 2.58 bits per heavy atom. The fourth-order valence-corrected chi connectivity index (χ4v) is 2.19. The van der Waals surface area contributed by atoms with E-state index in [0.29, 0.717) is 6.61 Å². The molecule has 0 spiro atoms. The molecule has 0 saturated heterocycles. The average molecular weight is 259 g/mol. The predicted octanol–water partition coefficient (Wildman–Crippen LogP) is 2.77. The van der Waals surface area contributed by atoms with Gasteiger partial charge in [0.2, 0.25) is 0 Å². The Kier molecular flexibility index (Phi) is 3.62. The number of hydrogen-bond donors (Lipinski definition) is 1. The molecule has 0 aliphatic heterocycles. The van der Waals surface area contributed by atoms with E-state index < -0.39 is 5.54 Å². The van der Waals surface area contributed by atoms with Crippen molar-refractivity contribution in [3.8, 4) is 11.4 Å². The summed E-state index contributed by atoms with van der Waals surface area (Å²) < 4.78 is 7.53. The lowest BCUT2D eigenvalue weighted by atomic mass is 9.97. The normalized spacial score (nSPS) is 11.6. The van der Waals surface area contributed by atoms with Gasteiger partial charge in [-0.15, -0.1) is 0 Å². The van der Waals surface area contributed by atoms with E-state index in [2.05, 4.69) is 5.10 Å². The van der Waals surface area contributed by atoms with Gasteiger partial charge in [0.1, 0.15) is 11.4 Å². The zero-order valence-corrected chi connectivity index (χ0v) is 12.0. The van der Waals surface area contributed by atoms with E-state index in [4.69, 9.17) is 10.5 Å². The fraction of sp³-hybridized carbons (Fsp3) is 0.400. The molecule has 4 heteroatoms. The van der Waals surface area contributed by atoms with Gasteiger partial charge in [0, 0.05) is 16.8 Å². The van der Waals surface area contributed by atoms with Crippen molar-refractivity contribution in [3.63, 3.8) is 0 Å². The summed E-state index contributed by atoms with van der Waals surface area (Å²) in [7, 11) is 0. The van der Waals surface area contributed by atoms with Gasteiger partial charge in [-0.05, 0) is 39.8 Å². The van der Waals surface area contributed by atoms with Crippen LogP contribution in [0.2, 0.25) is 0 Å². The van der Waals surface area contributed by atoms with Crippen LogP contribution in [0.3, 0.4) is 0 Å². The quantitative estimate of drug-likeness (QED) is 0.918. The summed E-state index contributed by atoms with van der Waals surface area (Å²) in [5.41, 5.74) is 8.79. The molecule has 102 valence electrons. The van der Waals surface area contributed by atoms with Gasteiger partial charge < -0.3 is 10.5 Å². The molecule has 1 heterocycles. The predicted molar refractivity (Wildman–Crippen MR) is 76.7 cm³/mol. The molecule has 4 nitrogen and oxygen atoms in total. The van der Waals surface area contributed by atoms with Crippen molar-refractivity contribution in [1.82, 2.24) is 9.78 Å². The summed E-state index contributed by atoms with van der Waals surface area (Å²) in [5, 5.41) is 4.45. The first-order valence-electron chi connectivity index (χ1n) is 6.51. The second-order valence-electron chi connectivity index (χ2n) is 5.18. The van der Waals surface area contributed by atoms with Crippen LogP contribution in [0.1, 0.15) is 32.0 Å². The minimum Gasteiger partial charge on any atom is -0.492 e. The van der Waals surface area contributed by atoms with E-state index in [9.17, 15) is 0 Å². The standard InChI is InChI=1S/C15H21N3O/c1-5-19-14-9-7-6-8-13(14)18-11(2)12(10-17-18)15(3,4)16/h6-10H,5,16H2,1-4H3. The van der Waals surface area contributed by atoms with Gasteiger partial charge in [0.25, 0.3) is 0 Å². The van der Waals surface area contributed by atoms with Crippen molar-refractivity contribution in [1.29, 1.82) is 0 Å². The lowest BCUT2D eigenvalue weighted by molar-refractivity contribution is 0.338. The fourth-order valence-electron chi connectivity index (χ4n) is 2.19. The second kappa shape index (κ2) is 5.05. The summed E-state index contributed by atoms with van der Waals surface area (Å²) in [6, 6.07) is 7.89. The Bertz CT molecular complexity index is 567. The smallest absolute Gasteiger partial charge is 0.144 e. The first-order valence-corrected chi connectivity index (χ1v) is 6.51. The number of para-hydroxylation sites is 2. The highest BCUT2D eigenvalue weighted by atomic mass is 16.5. The molecule has 2 aromatic rings. The molecule has 2 N–H and O–H groups in total. The molecule has 0 fully saturated rings. The number of rotatable bonds is 4. The lowest BCUT2D eigenvalue weighted by Gasteiger charge is -2.18. The molecule has 1 aromatic heterocycles. The van der Waals surface area contributed by atoms with E-state index in [1.807, 2.05) is 62.8 Å². The third-order valence-corrected chi connectivity index (χ3v) is 3.10. The Hall–Kier alpha value is -1.81. The van der Waals surface area contributed by atoms with Crippen LogP contribution in [0.5, 0.6) is 5.75 Å². The maximum atomic E-state index is 6.16. The third kappa shape index (κ3) is 2.63. The molecule has 0 aliphatic rings. The third-order valence-electron chi connectivity index (χ3n) is 3.10. The first-order chi connectivity index (χ1) is 8.95. The van der Waals surface area contributed by atoms with Crippen LogP contribution in [-0.2, 0) is 5.54 Å². The molecule has 0 bridgehead atoms. The van der Waals surface area contributed by atoms with Gasteiger partial charge in [0.15, 0.2) is 0 Å². The Balaban J connectivity index is 2.52. The van der Waals surface area contributed by atoms with Crippen LogP contribution < -0.4 is 10.5 Å². The van der Waals surface area contributed by atoms with Crippen molar-refractivity contribution < 1.29 is 4.74 Å². The highest BCUT2D eigenvalue weighted by molar-refractivity contribution is 5.48. The van der Waals surface area contributed by atoms with Gasteiger partial charge >= 0.3 is 0 Å². The molecule has 2 rings (SSSR count). The van der Waals surface area contributed by atoms with Crippen LogP contribution in [0.25, 0.3) is 5.69 Å². The Labute approximate surface area is 114 Å². The molecule has 1 aromatic carbocycles. The molecule has 0 unspecified atom stereocenters. The van der Waals surface area contributed by atoms with Gasteiger partial charge in [-0.2, -0.15) is 5.10 Å². The van der Waals surface area contributed by atoms with Crippen LogP contribution in [0.15, 0.2) is 30.5 Å². The number of hydrogen-bond acceptors (Lipinski definition) is 3. The summed E-state index contributed by atoms with van der Waals surface area (Å²) in [5.74, 6) is 0.831. The average Bonchev–Trinajstić information content (AvgIpc) is 2.72. The number of nitrogens with two attached hydrogens (primary N) is 1. The van der Waals surface area contributed by atoms with Crippen molar-refractivity contribution in [2.24, 2.45) is 5.73 Å². The highest BCUT2D eigenvalue weighted by Crippen LogP contribution is 2.27. The van der Waals surface area contributed by atoms with Crippen LogP contribution in [0.4, 0.5) is 0 Å². The molecular weight excluding hydrogens is 238 g/mol. The largest absolute Gasteiger partial charge is 0.492 e. The molecule has 0 radical (unpaired) electrons. The summed E-state index contributed by atoms with van der Waals surface area (Å²) in [6.07, 6.45) is 1.83. The van der Waals surface area contributed by atoms with Crippen molar-refractivity contribution in [2.45, 2.75) is 33.2 Å². The maximum absolute atomic E-state index is 6.16. The van der Waals surface area contributed by atoms with Gasteiger partial charge in [-0.25, -0.2) is 4.68 Å². The van der Waals surface area contributed by atoms with Gasteiger partial charge in [0.05, 0.1) is 12.8 Å². The van der Waals surface area contributed by atoms with Crippen LogP contribution in [-0.4, -0.2) is 16.4 Å². The monoisotopic (exact) mass is 259 g/mol. The number of benzene rings is 1. The highest BCUT2D eigenvalue weighted by Gasteiger charge is 2.21. The molecule has 0 atom stereocenters. The minimum absolute atomic E-state index is 0.400. The van der Waals surface area contributed by atoms with E-state index >= 15 is 0 Å². The molecular formula is C15H21N3O. The van der Waals surface area contributed by atoms with Crippen molar-refractivity contribution in [2.75, 3.05) is 6.61 Å². The van der Waals surface area contributed by atoms with Crippen molar-refractivity contribution in [3.05, 3.63) is 41.7 Å². The van der Waals surface area contributed by atoms with Crippen molar-refractivity contribution >= 4 is 0 Å². The number of ether oxygens (including phenoxy) is 1. The molecule has 0 aliphatic carbocycles. The van der Waals surface area contributed by atoms with E-state index in [0.717, 1.165) is 22.7 Å². The lowest BCUT2D eigenvalue weighted by Crippen LogP contribution is -2.29. The SMILES string of the molecule is CCOc1ccccc1-n1ncc(C(C)(C)N)c1C. The van der Waals surface area contributed by atoms with Crippen LogP contribution in [0, 0.1) is 6.92 Å². The summed E-state index contributed by atoms with van der Waals surface area (Å²) in [6.45, 7) is 8.60. The van der Waals surface area contributed by atoms with Gasteiger partial charge in [-0.1, -0.05) is 12.1 Å². The van der Waals surface area contributed by atoms with E-state index in [1.165, 1.54) is 0 Å². The zero-order chi connectivity index (χ0) is 14.0. The topological polar surface area (TPSA) is 53.1 Å². The Morgan fingerprint density at radius 2 is 2.00 bits per heavy atom. The molecule has 19 heavy (non-hydrogen) atoms. The number of nitrogens with zero attached hydrogens (tertiary/aromatic N) is 2. The first kappa shape index (κ1) is 13.6.